The summed E-state index contributed by atoms with van der Waals surface area (Å²) in [5.74, 6) is 0. The van der Waals surface area contributed by atoms with Crippen LogP contribution in [0.25, 0.3) is 0 Å². The van der Waals surface area contributed by atoms with E-state index in [1.165, 1.54) is 12.1 Å². The molecule has 0 saturated carbocycles. The Bertz CT molecular complexity index is 556. The topological polar surface area (TPSA) is 81.7 Å². The maximum Gasteiger partial charge on any atom is 0.533 e. The third-order valence-corrected chi connectivity index (χ3v) is 3.62. The average molecular weight is 306 g/mol. The van der Waals surface area contributed by atoms with Gasteiger partial charge in [0.1, 0.15) is 5.16 Å². The van der Waals surface area contributed by atoms with Crippen LogP contribution in [0.5, 0.6) is 0 Å². The Morgan fingerprint density at radius 1 is 1.37 bits per heavy atom. The smallest absolute Gasteiger partial charge is 0.433 e. The maximum absolute atomic E-state index is 11.8. The molecule has 0 heterocycles. The van der Waals surface area contributed by atoms with Crippen molar-refractivity contribution in [2.45, 2.75) is 11.8 Å². The van der Waals surface area contributed by atoms with Crippen LogP contribution in [-0.2, 0) is 19.4 Å². The summed E-state index contributed by atoms with van der Waals surface area (Å²) in [6.07, 6.45) is -1.01. The third-order valence-electron chi connectivity index (χ3n) is 1.82. The number of ether oxygens (including phenoxy) is 1. The number of sulfone groups is 1. The Balaban J connectivity index is 2.71. The first kappa shape index (κ1) is 15.3. The van der Waals surface area contributed by atoms with Crippen LogP contribution in [0.2, 0.25) is 0 Å². The van der Waals surface area contributed by atoms with Crippen molar-refractivity contribution in [1.82, 2.24) is 5.48 Å². The van der Waals surface area contributed by atoms with Crippen LogP contribution in [0.15, 0.2) is 45.8 Å². The van der Waals surface area contributed by atoms with Gasteiger partial charge >= 0.3 is 6.16 Å². The summed E-state index contributed by atoms with van der Waals surface area (Å²) in [7, 11) is -3.71. The molecule has 0 aliphatic carbocycles. The van der Waals surface area contributed by atoms with Crippen molar-refractivity contribution in [2.75, 3.05) is 6.61 Å². The molecule has 0 radical (unpaired) electrons. The lowest BCUT2D eigenvalue weighted by molar-refractivity contribution is 0.0320. The third kappa shape index (κ3) is 5.19. The predicted molar refractivity (Wildman–Crippen MR) is 68.8 cm³/mol. The van der Waals surface area contributed by atoms with Gasteiger partial charge in [-0.05, 0) is 19.1 Å². The number of carbonyl (C=O) groups excluding carboxylic acids is 1. The highest BCUT2D eigenvalue weighted by Gasteiger charge is 2.12. The van der Waals surface area contributed by atoms with Gasteiger partial charge in [0.2, 0.25) is 9.84 Å². The molecular formula is C11H12ClNO5S. The Hall–Kier alpha value is -1.73. The first-order chi connectivity index (χ1) is 8.95. The van der Waals surface area contributed by atoms with Gasteiger partial charge in [-0.3, -0.25) is 0 Å². The van der Waals surface area contributed by atoms with Gasteiger partial charge < -0.3 is 9.57 Å². The van der Waals surface area contributed by atoms with Crippen LogP contribution >= 0.6 is 11.6 Å². The van der Waals surface area contributed by atoms with Gasteiger partial charge in [-0.25, -0.2) is 18.7 Å². The Morgan fingerprint density at radius 3 is 2.58 bits per heavy atom. The van der Waals surface area contributed by atoms with Gasteiger partial charge in [-0.2, -0.15) is 0 Å². The van der Waals surface area contributed by atoms with E-state index in [2.05, 4.69) is 9.57 Å². The lowest BCUT2D eigenvalue weighted by Gasteiger charge is -2.05. The van der Waals surface area contributed by atoms with E-state index < -0.39 is 16.0 Å². The number of benzene rings is 1. The Morgan fingerprint density at radius 2 is 2.00 bits per heavy atom. The lowest BCUT2D eigenvalue weighted by atomic mass is 10.4. The van der Waals surface area contributed by atoms with Crippen molar-refractivity contribution in [3.8, 4) is 0 Å². The predicted octanol–water partition coefficient (Wildman–Crippen LogP) is 2.18. The minimum absolute atomic E-state index is 0.0751. The van der Waals surface area contributed by atoms with E-state index in [-0.39, 0.29) is 16.7 Å². The van der Waals surface area contributed by atoms with Crippen molar-refractivity contribution in [3.63, 3.8) is 0 Å². The quantitative estimate of drug-likeness (QED) is 0.510. The van der Waals surface area contributed by atoms with Crippen molar-refractivity contribution in [3.05, 3.63) is 40.9 Å². The number of hydroxylamine groups is 1. The van der Waals surface area contributed by atoms with E-state index in [1.807, 2.05) is 5.48 Å². The minimum Gasteiger partial charge on any atom is -0.433 e. The van der Waals surface area contributed by atoms with E-state index in [9.17, 15) is 13.2 Å². The first-order valence-corrected chi connectivity index (χ1v) is 7.15. The summed E-state index contributed by atoms with van der Waals surface area (Å²) in [6.45, 7) is 1.72. The molecule has 0 aliphatic rings. The fraction of sp³-hybridized carbons (Fsp3) is 0.182. The molecule has 6 nitrogen and oxygen atoms in total. The summed E-state index contributed by atoms with van der Waals surface area (Å²) >= 11 is 5.60. The van der Waals surface area contributed by atoms with Gasteiger partial charge in [0.25, 0.3) is 0 Å². The molecule has 0 aromatic heterocycles. The first-order valence-electron chi connectivity index (χ1n) is 5.22. The van der Waals surface area contributed by atoms with Crippen molar-refractivity contribution in [2.24, 2.45) is 0 Å². The zero-order chi connectivity index (χ0) is 14.3. The average Bonchev–Trinajstić information content (AvgIpc) is 2.37. The molecule has 1 aromatic rings. The van der Waals surface area contributed by atoms with Crippen molar-refractivity contribution >= 4 is 27.6 Å². The van der Waals surface area contributed by atoms with Gasteiger partial charge in [-0.1, -0.05) is 29.8 Å². The van der Waals surface area contributed by atoms with Crippen molar-refractivity contribution in [1.29, 1.82) is 0 Å². The van der Waals surface area contributed by atoms with E-state index in [0.29, 0.717) is 0 Å². The van der Waals surface area contributed by atoms with E-state index >= 15 is 0 Å². The van der Waals surface area contributed by atoms with Crippen LogP contribution in [0, 0.1) is 0 Å². The molecule has 1 N–H and O–H groups in total. The van der Waals surface area contributed by atoms with Crippen LogP contribution in [0.3, 0.4) is 0 Å². The fourth-order valence-corrected chi connectivity index (χ4v) is 2.46. The summed E-state index contributed by atoms with van der Waals surface area (Å²) in [6, 6.07) is 7.69. The van der Waals surface area contributed by atoms with E-state index in [0.717, 1.165) is 5.41 Å². The maximum atomic E-state index is 11.8. The van der Waals surface area contributed by atoms with E-state index in [1.54, 1.807) is 25.1 Å². The van der Waals surface area contributed by atoms with Crippen LogP contribution in [-0.4, -0.2) is 21.2 Å². The molecule has 0 atom stereocenters. The molecule has 1 rings (SSSR count). The lowest BCUT2D eigenvalue weighted by Crippen LogP contribution is -2.18. The highest BCUT2D eigenvalue weighted by molar-refractivity contribution is 7.94. The minimum atomic E-state index is -3.71. The molecule has 8 heteroatoms. The highest BCUT2D eigenvalue weighted by Crippen LogP contribution is 2.13. The van der Waals surface area contributed by atoms with Crippen LogP contribution < -0.4 is 5.48 Å². The molecule has 0 saturated heterocycles. The fourth-order valence-electron chi connectivity index (χ4n) is 1.08. The number of hydrogen-bond acceptors (Lipinski definition) is 6. The summed E-state index contributed by atoms with van der Waals surface area (Å²) in [5.41, 5.74) is 1.97. The zero-order valence-corrected chi connectivity index (χ0v) is 11.6. The Kier molecular flexibility index (Phi) is 5.65. The van der Waals surface area contributed by atoms with Gasteiger partial charge in [0.15, 0.2) is 0 Å². The Labute approximate surface area is 115 Å². The molecule has 104 valence electrons. The molecule has 0 amide bonds. The molecular weight excluding hydrogens is 294 g/mol. The second-order valence-electron chi connectivity index (χ2n) is 3.21. The number of rotatable bonds is 5. The largest absolute Gasteiger partial charge is 0.533 e. The molecule has 0 bridgehead atoms. The summed E-state index contributed by atoms with van der Waals surface area (Å²) in [5, 5.41) is 0.375. The second kappa shape index (κ2) is 7.01. The highest BCUT2D eigenvalue weighted by atomic mass is 35.5. The van der Waals surface area contributed by atoms with Gasteiger partial charge in [0.05, 0.1) is 16.9 Å². The number of nitrogens with one attached hydrogen (secondary N) is 1. The molecule has 0 unspecified atom stereocenters. The monoisotopic (exact) mass is 305 g/mol. The van der Waals surface area contributed by atoms with E-state index in [4.69, 9.17) is 11.6 Å². The molecule has 0 spiro atoms. The number of hydrogen-bond donors (Lipinski definition) is 1. The number of carbonyl (C=O) groups is 1. The normalized spacial score (nSPS) is 11.8. The summed E-state index contributed by atoms with van der Waals surface area (Å²) in [4.78, 5) is 15.3. The molecule has 19 heavy (non-hydrogen) atoms. The van der Waals surface area contributed by atoms with Crippen molar-refractivity contribution < 1.29 is 22.8 Å². The molecule has 0 fully saturated rings. The van der Waals surface area contributed by atoms with Gasteiger partial charge in [0, 0.05) is 0 Å². The molecule has 1 aromatic carbocycles. The SMILES string of the molecule is CCOC(=O)ONC(Cl)=CS(=O)(=O)c1ccccc1. The molecule has 0 aliphatic heterocycles. The zero-order valence-electron chi connectivity index (χ0n) is 10.00. The number of halogens is 1. The second-order valence-corrected chi connectivity index (χ2v) is 5.42. The van der Waals surface area contributed by atoms with Gasteiger partial charge in [-0.15, -0.1) is 0 Å². The summed E-state index contributed by atoms with van der Waals surface area (Å²) < 4.78 is 28.1. The van der Waals surface area contributed by atoms with Crippen LogP contribution in [0.4, 0.5) is 4.79 Å². The standard InChI is InChI=1S/C11H12ClNO5S/c1-2-17-11(14)18-13-10(12)8-19(15,16)9-6-4-3-5-7-9/h3-8,13H,2H2,1H3. The van der Waals surface area contributed by atoms with Crippen LogP contribution in [0.1, 0.15) is 6.92 Å².